The number of alkyl halides is 1. The average molecular weight is 189 g/mol. The maximum Gasteiger partial charge on any atom is 0.110 e. The summed E-state index contributed by atoms with van der Waals surface area (Å²) in [6, 6.07) is 0. The summed E-state index contributed by atoms with van der Waals surface area (Å²) in [5.41, 5.74) is 0. The van der Waals surface area contributed by atoms with Crippen LogP contribution in [0.4, 0.5) is 4.39 Å². The van der Waals surface area contributed by atoms with Crippen LogP contribution < -0.4 is 0 Å². The second-order valence-electron chi connectivity index (χ2n) is 3.74. The van der Waals surface area contributed by atoms with Crippen LogP contribution in [0, 0.1) is 0 Å². The Kier molecular flexibility index (Phi) is 4.67. The number of hydrogen-bond donors (Lipinski definition) is 0. The van der Waals surface area contributed by atoms with E-state index in [-0.39, 0.29) is 0 Å². The number of nitrogens with zero attached hydrogens (tertiary/aromatic N) is 1. The molecule has 1 rings (SSSR count). The fourth-order valence-corrected chi connectivity index (χ4v) is 1.85. The van der Waals surface area contributed by atoms with Gasteiger partial charge in [-0.1, -0.05) is 0 Å². The molecule has 3 heteroatoms. The minimum absolute atomic E-state index is 0.413. The Morgan fingerprint density at radius 2 is 2.08 bits per heavy atom. The van der Waals surface area contributed by atoms with Crippen LogP contribution in [0.1, 0.15) is 26.7 Å². The molecule has 13 heavy (non-hydrogen) atoms. The van der Waals surface area contributed by atoms with Gasteiger partial charge in [0.15, 0.2) is 0 Å². The number of likely N-dealkylation sites (tertiary alicyclic amines) is 1. The van der Waals surface area contributed by atoms with Crippen LogP contribution in [-0.2, 0) is 4.74 Å². The molecule has 0 aromatic rings. The predicted molar refractivity (Wildman–Crippen MR) is 51.7 cm³/mol. The fourth-order valence-electron chi connectivity index (χ4n) is 1.85. The molecule has 1 unspecified atom stereocenters. The summed E-state index contributed by atoms with van der Waals surface area (Å²) >= 11 is 0. The summed E-state index contributed by atoms with van der Waals surface area (Å²) in [6.45, 7) is 6.99. The summed E-state index contributed by atoms with van der Waals surface area (Å²) in [7, 11) is 0. The molecule has 1 aliphatic rings. The van der Waals surface area contributed by atoms with Crippen LogP contribution in [0.25, 0.3) is 0 Å². The zero-order valence-electron chi connectivity index (χ0n) is 8.63. The molecule has 0 aliphatic carbocycles. The quantitative estimate of drug-likeness (QED) is 0.669. The second-order valence-corrected chi connectivity index (χ2v) is 3.74. The first-order chi connectivity index (χ1) is 6.22. The predicted octanol–water partition coefficient (Wildman–Crippen LogP) is 1.85. The Hall–Kier alpha value is -0.150. The lowest BCUT2D eigenvalue weighted by Gasteiger charge is -2.31. The number of piperidine rings is 1. The highest BCUT2D eigenvalue weighted by molar-refractivity contribution is 4.73. The van der Waals surface area contributed by atoms with E-state index in [9.17, 15) is 4.39 Å². The van der Waals surface area contributed by atoms with Crippen molar-refractivity contribution < 1.29 is 9.13 Å². The lowest BCUT2D eigenvalue weighted by Crippen LogP contribution is -2.39. The first-order valence-corrected chi connectivity index (χ1v) is 5.20. The van der Waals surface area contributed by atoms with Crippen LogP contribution in [0.15, 0.2) is 0 Å². The van der Waals surface area contributed by atoms with E-state index in [0.717, 1.165) is 32.5 Å². The molecule has 2 nitrogen and oxygen atoms in total. The van der Waals surface area contributed by atoms with E-state index in [1.165, 1.54) is 0 Å². The first kappa shape index (κ1) is 10.9. The third kappa shape index (κ3) is 4.05. The molecule has 1 heterocycles. The summed E-state index contributed by atoms with van der Waals surface area (Å²) in [4.78, 5) is 2.18. The number of halogens is 1. The Morgan fingerprint density at radius 1 is 1.46 bits per heavy atom. The van der Waals surface area contributed by atoms with Gasteiger partial charge in [0.2, 0.25) is 0 Å². The van der Waals surface area contributed by atoms with Gasteiger partial charge in [-0.3, -0.25) is 0 Å². The highest BCUT2D eigenvalue weighted by Gasteiger charge is 2.19. The minimum Gasteiger partial charge on any atom is -0.378 e. The smallest absolute Gasteiger partial charge is 0.110 e. The van der Waals surface area contributed by atoms with Gasteiger partial charge in [0.25, 0.3) is 0 Å². The third-order valence-corrected chi connectivity index (χ3v) is 2.45. The molecule has 1 fully saturated rings. The van der Waals surface area contributed by atoms with E-state index < -0.39 is 6.17 Å². The standard InChI is InChI=1S/C10H20FNO/c1-3-13-10-4-6-12(7-5-10)8-9(2)11/h9-10H,3-8H2,1-2H3. The van der Waals surface area contributed by atoms with Crippen molar-refractivity contribution in [2.24, 2.45) is 0 Å². The lowest BCUT2D eigenvalue weighted by molar-refractivity contribution is 0.0102. The van der Waals surface area contributed by atoms with Crippen molar-refractivity contribution in [2.45, 2.75) is 39.0 Å². The van der Waals surface area contributed by atoms with E-state index in [4.69, 9.17) is 4.74 Å². The molecule has 0 aromatic heterocycles. The van der Waals surface area contributed by atoms with Gasteiger partial charge in [0.1, 0.15) is 6.17 Å². The van der Waals surface area contributed by atoms with Crippen LogP contribution in [0.5, 0.6) is 0 Å². The van der Waals surface area contributed by atoms with Gasteiger partial charge >= 0.3 is 0 Å². The second kappa shape index (κ2) is 5.55. The van der Waals surface area contributed by atoms with Crippen molar-refractivity contribution in [3.8, 4) is 0 Å². The topological polar surface area (TPSA) is 12.5 Å². The Bertz CT molecular complexity index is 133. The molecule has 0 amide bonds. The van der Waals surface area contributed by atoms with Crippen LogP contribution >= 0.6 is 0 Å². The van der Waals surface area contributed by atoms with E-state index in [1.54, 1.807) is 6.92 Å². The van der Waals surface area contributed by atoms with E-state index in [0.29, 0.717) is 12.6 Å². The molecule has 0 radical (unpaired) electrons. The number of rotatable bonds is 4. The van der Waals surface area contributed by atoms with Crippen molar-refractivity contribution >= 4 is 0 Å². The van der Waals surface area contributed by atoms with Crippen molar-refractivity contribution in [3.63, 3.8) is 0 Å². The van der Waals surface area contributed by atoms with Gasteiger partial charge in [0, 0.05) is 26.2 Å². The molecular formula is C10H20FNO. The highest BCUT2D eigenvalue weighted by Crippen LogP contribution is 2.13. The van der Waals surface area contributed by atoms with Gasteiger partial charge < -0.3 is 9.64 Å². The largest absolute Gasteiger partial charge is 0.378 e. The molecule has 1 atom stereocenters. The summed E-state index contributed by atoms with van der Waals surface area (Å²) in [5, 5.41) is 0. The van der Waals surface area contributed by atoms with E-state index in [1.807, 2.05) is 6.92 Å². The van der Waals surface area contributed by atoms with Gasteiger partial charge in [-0.25, -0.2) is 4.39 Å². The summed E-state index contributed by atoms with van der Waals surface area (Å²) in [6.07, 6.45) is 1.82. The lowest BCUT2D eigenvalue weighted by atomic mass is 10.1. The molecule has 0 spiro atoms. The maximum absolute atomic E-state index is 12.7. The zero-order chi connectivity index (χ0) is 9.68. The van der Waals surface area contributed by atoms with Crippen LogP contribution in [0.3, 0.4) is 0 Å². The first-order valence-electron chi connectivity index (χ1n) is 5.20. The van der Waals surface area contributed by atoms with Crippen molar-refractivity contribution in [2.75, 3.05) is 26.2 Å². The van der Waals surface area contributed by atoms with Gasteiger partial charge in [-0.05, 0) is 26.7 Å². The summed E-state index contributed by atoms with van der Waals surface area (Å²) in [5.74, 6) is 0. The number of ether oxygens (including phenoxy) is 1. The van der Waals surface area contributed by atoms with E-state index >= 15 is 0 Å². The van der Waals surface area contributed by atoms with Crippen LogP contribution in [0.2, 0.25) is 0 Å². The average Bonchev–Trinajstić information content (AvgIpc) is 2.08. The molecular weight excluding hydrogens is 169 g/mol. The molecule has 0 aromatic carbocycles. The number of hydrogen-bond acceptors (Lipinski definition) is 2. The maximum atomic E-state index is 12.7. The summed E-state index contributed by atoms with van der Waals surface area (Å²) < 4.78 is 18.2. The monoisotopic (exact) mass is 189 g/mol. The van der Waals surface area contributed by atoms with Crippen molar-refractivity contribution in [1.29, 1.82) is 0 Å². The Labute approximate surface area is 80.1 Å². The zero-order valence-corrected chi connectivity index (χ0v) is 8.63. The highest BCUT2D eigenvalue weighted by atomic mass is 19.1. The van der Waals surface area contributed by atoms with Crippen molar-refractivity contribution in [3.05, 3.63) is 0 Å². The molecule has 0 saturated carbocycles. The molecule has 1 aliphatic heterocycles. The fraction of sp³-hybridized carbons (Fsp3) is 1.00. The molecule has 1 saturated heterocycles. The SMILES string of the molecule is CCOC1CCN(CC(C)F)CC1. The minimum atomic E-state index is -0.705. The normalized spacial score (nSPS) is 23.3. The molecule has 0 bridgehead atoms. The van der Waals surface area contributed by atoms with Crippen LogP contribution in [-0.4, -0.2) is 43.4 Å². The van der Waals surface area contributed by atoms with E-state index in [2.05, 4.69) is 4.90 Å². The Balaban J connectivity index is 2.15. The van der Waals surface area contributed by atoms with Gasteiger partial charge in [-0.2, -0.15) is 0 Å². The van der Waals surface area contributed by atoms with Crippen molar-refractivity contribution in [1.82, 2.24) is 4.90 Å². The Morgan fingerprint density at radius 3 is 2.54 bits per heavy atom. The van der Waals surface area contributed by atoms with Gasteiger partial charge in [0.05, 0.1) is 6.10 Å². The molecule has 0 N–H and O–H groups in total. The third-order valence-electron chi connectivity index (χ3n) is 2.45. The molecule has 78 valence electrons. The van der Waals surface area contributed by atoms with Gasteiger partial charge in [-0.15, -0.1) is 0 Å².